The zero-order valence-corrected chi connectivity index (χ0v) is 20.7. The maximum absolute atomic E-state index is 12.7. The minimum atomic E-state index is -0.385. The number of halogens is 3. The van der Waals surface area contributed by atoms with Crippen molar-refractivity contribution in [1.29, 1.82) is 5.26 Å². The molecule has 2 aromatic carbocycles. The van der Waals surface area contributed by atoms with Gasteiger partial charge >= 0.3 is 0 Å². The number of hydrogen-bond donors (Lipinski definition) is 1. The Balaban J connectivity index is 1.78. The quantitative estimate of drug-likeness (QED) is 0.329. The van der Waals surface area contributed by atoms with Gasteiger partial charge in [-0.2, -0.15) is 5.26 Å². The Morgan fingerprint density at radius 1 is 1.18 bits per heavy atom. The SMILES string of the molecule is COc1cc(/C=C(\C#N)C(=O)N[C@H]2CCCC[C@@H]2C)cc(Cl)c1OCc1ccc(Cl)cc1Cl. The first kappa shape index (κ1) is 25.2. The van der Waals surface area contributed by atoms with E-state index in [1.165, 1.54) is 19.6 Å². The van der Waals surface area contributed by atoms with E-state index < -0.39 is 0 Å². The van der Waals surface area contributed by atoms with Crippen molar-refractivity contribution in [1.82, 2.24) is 5.32 Å². The second-order valence-electron chi connectivity index (χ2n) is 8.07. The first-order valence-corrected chi connectivity index (χ1v) is 11.8. The van der Waals surface area contributed by atoms with Crippen LogP contribution in [0.5, 0.6) is 11.5 Å². The first-order valence-electron chi connectivity index (χ1n) is 10.7. The summed E-state index contributed by atoms with van der Waals surface area (Å²) in [6.45, 7) is 2.28. The molecule has 0 heterocycles. The first-order chi connectivity index (χ1) is 15.8. The molecule has 174 valence electrons. The molecule has 1 fully saturated rings. The molecule has 2 atom stereocenters. The Morgan fingerprint density at radius 2 is 1.94 bits per heavy atom. The summed E-state index contributed by atoms with van der Waals surface area (Å²) in [6, 6.07) is 10.5. The average molecular weight is 508 g/mol. The summed E-state index contributed by atoms with van der Waals surface area (Å²) >= 11 is 18.6. The predicted molar refractivity (Wildman–Crippen MR) is 132 cm³/mol. The van der Waals surface area contributed by atoms with Crippen LogP contribution in [-0.4, -0.2) is 19.1 Å². The monoisotopic (exact) mass is 506 g/mol. The number of methoxy groups -OCH3 is 1. The fraction of sp³-hybridized carbons (Fsp3) is 0.360. The van der Waals surface area contributed by atoms with Crippen molar-refractivity contribution in [2.45, 2.75) is 45.3 Å². The molecule has 1 saturated carbocycles. The molecule has 1 N–H and O–H groups in total. The lowest BCUT2D eigenvalue weighted by Gasteiger charge is -2.29. The van der Waals surface area contributed by atoms with Crippen LogP contribution < -0.4 is 14.8 Å². The minimum Gasteiger partial charge on any atom is -0.493 e. The Bertz CT molecular complexity index is 1100. The van der Waals surface area contributed by atoms with Crippen LogP contribution in [0.3, 0.4) is 0 Å². The molecule has 1 amide bonds. The number of ether oxygens (including phenoxy) is 2. The lowest BCUT2D eigenvalue weighted by molar-refractivity contribution is -0.118. The predicted octanol–water partition coefficient (Wildman–Crippen LogP) is 6.84. The van der Waals surface area contributed by atoms with Crippen LogP contribution in [0.15, 0.2) is 35.9 Å². The number of nitrogens with one attached hydrogen (secondary N) is 1. The van der Waals surface area contributed by atoms with Crippen LogP contribution in [0.4, 0.5) is 0 Å². The van der Waals surface area contributed by atoms with Crippen molar-refractivity contribution in [3.63, 3.8) is 0 Å². The fourth-order valence-corrected chi connectivity index (χ4v) is 4.58. The number of carbonyl (C=O) groups is 1. The van der Waals surface area contributed by atoms with E-state index in [2.05, 4.69) is 12.2 Å². The number of benzene rings is 2. The van der Waals surface area contributed by atoms with E-state index >= 15 is 0 Å². The normalized spacial score (nSPS) is 18.4. The molecule has 2 aromatic rings. The van der Waals surface area contributed by atoms with Gasteiger partial charge in [-0.05, 0) is 54.7 Å². The van der Waals surface area contributed by atoms with Gasteiger partial charge in [0.25, 0.3) is 5.91 Å². The van der Waals surface area contributed by atoms with Crippen LogP contribution >= 0.6 is 34.8 Å². The van der Waals surface area contributed by atoms with E-state index in [0.29, 0.717) is 33.0 Å². The maximum atomic E-state index is 12.7. The Hall–Kier alpha value is -2.39. The molecule has 8 heteroatoms. The van der Waals surface area contributed by atoms with E-state index in [-0.39, 0.29) is 29.2 Å². The van der Waals surface area contributed by atoms with E-state index in [9.17, 15) is 10.1 Å². The number of hydrogen-bond acceptors (Lipinski definition) is 4. The van der Waals surface area contributed by atoms with Gasteiger partial charge in [0.05, 0.1) is 12.1 Å². The van der Waals surface area contributed by atoms with E-state index in [1.807, 2.05) is 6.07 Å². The molecule has 0 radical (unpaired) electrons. The fourth-order valence-electron chi connectivity index (χ4n) is 3.84. The van der Waals surface area contributed by atoms with Crippen LogP contribution in [0.2, 0.25) is 15.1 Å². The largest absolute Gasteiger partial charge is 0.493 e. The number of rotatable bonds is 7. The van der Waals surface area contributed by atoms with Gasteiger partial charge in [-0.1, -0.05) is 60.6 Å². The smallest absolute Gasteiger partial charge is 0.262 e. The Kier molecular flexibility index (Phi) is 8.91. The molecular formula is C25H25Cl3N2O3. The van der Waals surface area contributed by atoms with Crippen LogP contribution in [-0.2, 0) is 11.4 Å². The van der Waals surface area contributed by atoms with Crippen molar-refractivity contribution in [2.24, 2.45) is 5.92 Å². The molecule has 0 unspecified atom stereocenters. The van der Waals surface area contributed by atoms with Crippen molar-refractivity contribution >= 4 is 46.8 Å². The molecule has 0 aliphatic heterocycles. The van der Waals surface area contributed by atoms with Crippen LogP contribution in [0.25, 0.3) is 6.08 Å². The topological polar surface area (TPSA) is 71.3 Å². The molecule has 3 rings (SSSR count). The zero-order chi connectivity index (χ0) is 24.0. The van der Waals surface area contributed by atoms with Gasteiger partial charge in [-0.25, -0.2) is 0 Å². The molecular weight excluding hydrogens is 483 g/mol. The molecule has 0 saturated heterocycles. The molecule has 0 aromatic heterocycles. The highest BCUT2D eigenvalue weighted by Gasteiger charge is 2.24. The van der Waals surface area contributed by atoms with Crippen molar-refractivity contribution in [3.8, 4) is 17.6 Å². The summed E-state index contributed by atoms with van der Waals surface area (Å²) in [6.07, 6.45) is 5.75. The van der Waals surface area contributed by atoms with Gasteiger partial charge in [-0.15, -0.1) is 0 Å². The number of nitrogens with zero attached hydrogens (tertiary/aromatic N) is 1. The van der Waals surface area contributed by atoms with Gasteiger partial charge in [0.1, 0.15) is 18.2 Å². The maximum Gasteiger partial charge on any atom is 0.262 e. The minimum absolute atomic E-state index is 0.00695. The molecule has 5 nitrogen and oxygen atoms in total. The zero-order valence-electron chi connectivity index (χ0n) is 18.5. The average Bonchev–Trinajstić information content (AvgIpc) is 2.78. The van der Waals surface area contributed by atoms with Crippen LogP contribution in [0, 0.1) is 17.2 Å². The van der Waals surface area contributed by atoms with E-state index in [1.54, 1.807) is 30.3 Å². The van der Waals surface area contributed by atoms with Crippen molar-refractivity contribution in [2.75, 3.05) is 7.11 Å². The van der Waals surface area contributed by atoms with Crippen molar-refractivity contribution in [3.05, 3.63) is 62.1 Å². The number of amides is 1. The summed E-state index contributed by atoms with van der Waals surface area (Å²) < 4.78 is 11.3. The Labute approximate surface area is 209 Å². The molecule has 0 spiro atoms. The summed E-state index contributed by atoms with van der Waals surface area (Å²) in [5, 5.41) is 13.9. The molecule has 1 aliphatic rings. The highest BCUT2D eigenvalue weighted by atomic mass is 35.5. The highest BCUT2D eigenvalue weighted by Crippen LogP contribution is 2.38. The highest BCUT2D eigenvalue weighted by molar-refractivity contribution is 6.35. The summed E-state index contributed by atoms with van der Waals surface area (Å²) in [5.41, 5.74) is 1.30. The molecule has 33 heavy (non-hydrogen) atoms. The summed E-state index contributed by atoms with van der Waals surface area (Å²) in [5.74, 6) is 0.713. The molecule has 1 aliphatic carbocycles. The van der Waals surface area contributed by atoms with E-state index in [4.69, 9.17) is 44.3 Å². The third-order valence-corrected chi connectivity index (χ3v) is 6.61. The van der Waals surface area contributed by atoms with Gasteiger partial charge < -0.3 is 14.8 Å². The van der Waals surface area contributed by atoms with E-state index in [0.717, 1.165) is 24.8 Å². The third kappa shape index (κ3) is 6.57. The van der Waals surface area contributed by atoms with Gasteiger partial charge in [-0.3, -0.25) is 4.79 Å². The standard InChI is InChI=1S/C25H25Cl3N2O3/c1-15-5-3-4-6-22(15)30-25(31)18(13-29)9-16-10-21(28)24(23(11-16)32-2)33-14-17-7-8-19(26)12-20(17)27/h7-12,15,22H,3-6,14H2,1-2H3,(H,30,31)/b18-9+/t15-,22-/m0/s1. The number of carbonyl (C=O) groups excluding carboxylic acids is 1. The summed E-state index contributed by atoms with van der Waals surface area (Å²) in [7, 11) is 1.49. The third-order valence-electron chi connectivity index (χ3n) is 5.74. The Morgan fingerprint density at radius 3 is 2.61 bits per heavy atom. The van der Waals surface area contributed by atoms with Gasteiger partial charge in [0.2, 0.25) is 0 Å². The second-order valence-corrected chi connectivity index (χ2v) is 9.32. The number of nitriles is 1. The second kappa shape index (κ2) is 11.7. The lowest BCUT2D eigenvalue weighted by atomic mass is 9.86. The van der Waals surface area contributed by atoms with Gasteiger partial charge in [0, 0.05) is 21.7 Å². The van der Waals surface area contributed by atoms with Crippen LogP contribution in [0.1, 0.15) is 43.7 Å². The van der Waals surface area contributed by atoms with Gasteiger partial charge in [0.15, 0.2) is 11.5 Å². The lowest BCUT2D eigenvalue weighted by Crippen LogP contribution is -2.41. The molecule has 0 bridgehead atoms. The van der Waals surface area contributed by atoms with Crippen molar-refractivity contribution < 1.29 is 14.3 Å². The summed E-state index contributed by atoms with van der Waals surface area (Å²) in [4.78, 5) is 12.7.